The summed E-state index contributed by atoms with van der Waals surface area (Å²) in [6.45, 7) is 3.57. The van der Waals surface area contributed by atoms with Gasteiger partial charge in [0.2, 0.25) is 5.91 Å². The topological polar surface area (TPSA) is 55.6 Å². The molecule has 1 rings (SSSR count). The van der Waals surface area contributed by atoms with Gasteiger partial charge in [-0.05, 0) is 38.9 Å². The molecule has 1 aliphatic rings. The molecule has 0 atom stereocenters. The molecule has 4 heteroatoms. The highest BCUT2D eigenvalue weighted by atomic mass is 16.5. The predicted octanol–water partition coefficient (Wildman–Crippen LogP) is 0.220. The second-order valence-corrected chi connectivity index (χ2v) is 4.04. The zero-order chi connectivity index (χ0) is 10.4. The van der Waals surface area contributed by atoms with Gasteiger partial charge in [-0.2, -0.15) is 0 Å². The van der Waals surface area contributed by atoms with Crippen LogP contribution >= 0.6 is 0 Å². The van der Waals surface area contributed by atoms with Gasteiger partial charge in [0, 0.05) is 13.0 Å². The molecule has 82 valence electrons. The molecule has 0 saturated carbocycles. The van der Waals surface area contributed by atoms with E-state index in [1.807, 2.05) is 0 Å². The number of hydrogen-bond acceptors (Lipinski definition) is 3. The van der Waals surface area contributed by atoms with Crippen molar-refractivity contribution in [3.05, 3.63) is 0 Å². The molecule has 1 amide bonds. The second kappa shape index (κ2) is 5.98. The van der Waals surface area contributed by atoms with E-state index in [4.69, 9.17) is 10.5 Å². The minimum absolute atomic E-state index is 0.284. The SMILES string of the molecule is CN1CCC(COCCC(N)=O)CC1. The number of carbonyl (C=O) groups is 1. The minimum atomic E-state index is -0.284. The Kier molecular flexibility index (Phi) is 4.90. The Morgan fingerprint density at radius 2 is 2.14 bits per heavy atom. The minimum Gasteiger partial charge on any atom is -0.381 e. The maximum atomic E-state index is 10.4. The van der Waals surface area contributed by atoms with Crippen LogP contribution in [0.3, 0.4) is 0 Å². The Bertz CT molecular complexity index is 177. The first-order valence-electron chi connectivity index (χ1n) is 5.23. The molecule has 4 nitrogen and oxygen atoms in total. The van der Waals surface area contributed by atoms with Gasteiger partial charge >= 0.3 is 0 Å². The Morgan fingerprint density at radius 3 is 2.71 bits per heavy atom. The number of amides is 1. The van der Waals surface area contributed by atoms with Gasteiger partial charge in [0.15, 0.2) is 0 Å². The van der Waals surface area contributed by atoms with Crippen molar-refractivity contribution in [2.45, 2.75) is 19.3 Å². The average Bonchev–Trinajstić information content (AvgIpc) is 2.15. The van der Waals surface area contributed by atoms with E-state index in [0.717, 1.165) is 19.7 Å². The predicted molar refractivity (Wildman–Crippen MR) is 54.9 cm³/mol. The van der Waals surface area contributed by atoms with Crippen LogP contribution in [0.4, 0.5) is 0 Å². The van der Waals surface area contributed by atoms with Crippen LogP contribution < -0.4 is 5.73 Å². The van der Waals surface area contributed by atoms with Gasteiger partial charge in [-0.25, -0.2) is 0 Å². The summed E-state index contributed by atoms with van der Waals surface area (Å²) in [4.78, 5) is 12.8. The van der Waals surface area contributed by atoms with Gasteiger partial charge < -0.3 is 15.4 Å². The van der Waals surface area contributed by atoms with Gasteiger partial charge in [-0.15, -0.1) is 0 Å². The number of primary amides is 1. The highest BCUT2D eigenvalue weighted by Gasteiger charge is 2.16. The highest BCUT2D eigenvalue weighted by molar-refractivity contribution is 5.73. The lowest BCUT2D eigenvalue weighted by Gasteiger charge is -2.28. The van der Waals surface area contributed by atoms with Crippen molar-refractivity contribution in [3.8, 4) is 0 Å². The molecule has 0 spiro atoms. The van der Waals surface area contributed by atoms with Crippen LogP contribution in [0.1, 0.15) is 19.3 Å². The first-order chi connectivity index (χ1) is 6.68. The standard InChI is InChI=1S/C10H20N2O2/c1-12-5-2-9(3-6-12)8-14-7-4-10(11)13/h9H,2-8H2,1H3,(H2,11,13). The largest absolute Gasteiger partial charge is 0.381 e. The van der Waals surface area contributed by atoms with Crippen LogP contribution in [0.15, 0.2) is 0 Å². The maximum absolute atomic E-state index is 10.4. The molecule has 1 saturated heterocycles. The number of nitrogens with zero attached hydrogens (tertiary/aromatic N) is 1. The molecule has 1 aliphatic heterocycles. The molecule has 14 heavy (non-hydrogen) atoms. The van der Waals surface area contributed by atoms with E-state index >= 15 is 0 Å². The first-order valence-corrected chi connectivity index (χ1v) is 5.23. The summed E-state index contributed by atoms with van der Waals surface area (Å²) in [5.74, 6) is 0.382. The molecule has 1 heterocycles. The van der Waals surface area contributed by atoms with Crippen molar-refractivity contribution in [1.82, 2.24) is 4.90 Å². The highest BCUT2D eigenvalue weighted by Crippen LogP contribution is 2.15. The molecule has 2 N–H and O–H groups in total. The van der Waals surface area contributed by atoms with Crippen molar-refractivity contribution < 1.29 is 9.53 Å². The Balaban J connectivity index is 1.99. The summed E-state index contributed by atoms with van der Waals surface area (Å²) < 4.78 is 5.40. The van der Waals surface area contributed by atoms with Crippen molar-refractivity contribution in [1.29, 1.82) is 0 Å². The molecule has 0 bridgehead atoms. The third-order valence-electron chi connectivity index (χ3n) is 2.68. The molecule has 0 aromatic rings. The van der Waals surface area contributed by atoms with Crippen molar-refractivity contribution in [2.75, 3.05) is 33.4 Å². The van der Waals surface area contributed by atoms with Crippen LogP contribution in [-0.2, 0) is 9.53 Å². The fourth-order valence-corrected chi connectivity index (χ4v) is 1.65. The summed E-state index contributed by atoms with van der Waals surface area (Å²) in [5, 5.41) is 0. The van der Waals surface area contributed by atoms with E-state index < -0.39 is 0 Å². The van der Waals surface area contributed by atoms with Crippen molar-refractivity contribution in [3.63, 3.8) is 0 Å². The van der Waals surface area contributed by atoms with Crippen molar-refractivity contribution >= 4 is 5.91 Å². The first kappa shape index (κ1) is 11.5. The Hall–Kier alpha value is -0.610. The van der Waals surface area contributed by atoms with E-state index in [0.29, 0.717) is 18.9 Å². The number of ether oxygens (including phenoxy) is 1. The number of rotatable bonds is 5. The van der Waals surface area contributed by atoms with Crippen LogP contribution in [-0.4, -0.2) is 44.2 Å². The van der Waals surface area contributed by atoms with Crippen LogP contribution in [0, 0.1) is 5.92 Å². The van der Waals surface area contributed by atoms with Crippen LogP contribution in [0.5, 0.6) is 0 Å². The molecular weight excluding hydrogens is 180 g/mol. The fraction of sp³-hybridized carbons (Fsp3) is 0.900. The van der Waals surface area contributed by atoms with Gasteiger partial charge in [0.05, 0.1) is 6.61 Å². The summed E-state index contributed by atoms with van der Waals surface area (Å²) >= 11 is 0. The lowest BCUT2D eigenvalue weighted by molar-refractivity contribution is -0.119. The lowest BCUT2D eigenvalue weighted by atomic mass is 9.98. The van der Waals surface area contributed by atoms with Gasteiger partial charge in [0.1, 0.15) is 0 Å². The van der Waals surface area contributed by atoms with E-state index in [9.17, 15) is 4.79 Å². The van der Waals surface area contributed by atoms with E-state index in [-0.39, 0.29) is 5.91 Å². The second-order valence-electron chi connectivity index (χ2n) is 4.04. The van der Waals surface area contributed by atoms with E-state index in [2.05, 4.69) is 11.9 Å². The number of carbonyl (C=O) groups excluding carboxylic acids is 1. The van der Waals surface area contributed by atoms with E-state index in [1.165, 1.54) is 12.8 Å². The summed E-state index contributed by atoms with van der Waals surface area (Å²) in [6, 6.07) is 0. The number of likely N-dealkylation sites (tertiary alicyclic amines) is 1. The quantitative estimate of drug-likeness (QED) is 0.646. The molecular formula is C10H20N2O2. The van der Waals surface area contributed by atoms with Crippen LogP contribution in [0.25, 0.3) is 0 Å². The smallest absolute Gasteiger partial charge is 0.219 e. The molecule has 0 unspecified atom stereocenters. The lowest BCUT2D eigenvalue weighted by Crippen LogP contribution is -2.32. The molecule has 0 aromatic heterocycles. The van der Waals surface area contributed by atoms with Crippen LogP contribution in [0.2, 0.25) is 0 Å². The number of hydrogen-bond donors (Lipinski definition) is 1. The average molecular weight is 200 g/mol. The fourth-order valence-electron chi connectivity index (χ4n) is 1.65. The molecule has 1 fully saturated rings. The summed E-state index contributed by atoms with van der Waals surface area (Å²) in [5.41, 5.74) is 5.00. The summed E-state index contributed by atoms with van der Waals surface area (Å²) in [7, 11) is 2.14. The maximum Gasteiger partial charge on any atom is 0.219 e. The zero-order valence-corrected chi connectivity index (χ0v) is 8.87. The number of nitrogens with two attached hydrogens (primary N) is 1. The van der Waals surface area contributed by atoms with E-state index in [1.54, 1.807) is 0 Å². The van der Waals surface area contributed by atoms with Gasteiger partial charge in [-0.1, -0.05) is 0 Å². The van der Waals surface area contributed by atoms with Gasteiger partial charge in [-0.3, -0.25) is 4.79 Å². The number of piperidine rings is 1. The third kappa shape index (κ3) is 4.58. The summed E-state index contributed by atoms with van der Waals surface area (Å²) in [6.07, 6.45) is 2.74. The molecule has 0 aromatic carbocycles. The molecule has 0 aliphatic carbocycles. The third-order valence-corrected chi connectivity index (χ3v) is 2.68. The monoisotopic (exact) mass is 200 g/mol. The zero-order valence-electron chi connectivity index (χ0n) is 8.87. The normalized spacial score (nSPS) is 19.8. The Morgan fingerprint density at radius 1 is 1.50 bits per heavy atom. The Labute approximate surface area is 85.4 Å². The van der Waals surface area contributed by atoms with Gasteiger partial charge in [0.25, 0.3) is 0 Å². The molecule has 0 radical (unpaired) electrons. The van der Waals surface area contributed by atoms with Crippen molar-refractivity contribution in [2.24, 2.45) is 11.7 Å².